The number of nitrogens with zero attached hydrogens (tertiary/aromatic N) is 1. The van der Waals surface area contributed by atoms with E-state index in [1.165, 1.54) is 23.5 Å². The van der Waals surface area contributed by atoms with Crippen LogP contribution in [-0.4, -0.2) is 22.9 Å². The summed E-state index contributed by atoms with van der Waals surface area (Å²) in [6.45, 7) is 0.361. The van der Waals surface area contributed by atoms with Crippen LogP contribution in [0.5, 0.6) is 0 Å². The molecule has 23 heavy (non-hydrogen) atoms. The Kier molecular flexibility index (Phi) is 5.76. The molecule has 0 fully saturated rings. The minimum absolute atomic E-state index is 0.277. The van der Waals surface area contributed by atoms with Gasteiger partial charge in [-0.25, -0.2) is 4.39 Å². The van der Waals surface area contributed by atoms with Crippen LogP contribution < -0.4 is 15.7 Å². The Hall–Kier alpha value is -2.80. The van der Waals surface area contributed by atoms with Crippen LogP contribution in [0.25, 0.3) is 0 Å². The standard InChI is InChI=1S/C16H16FN3O3/c17-12-4-1-5-13(7-12)20-15(21)8-14(16(22)23)19-10-11-3-2-6-18-9-11/h1-7,9,14,19H,8,10H2,(H,20,21)(H,22,23)/t14-/m0/s1. The Morgan fingerprint density at radius 2 is 2.13 bits per heavy atom. The van der Waals surface area contributed by atoms with Gasteiger partial charge in [-0.05, 0) is 24.3 Å². The van der Waals surface area contributed by atoms with E-state index in [0.29, 0.717) is 6.54 Å². The zero-order valence-electron chi connectivity index (χ0n) is 12.2. The topological polar surface area (TPSA) is 98.7 Å². The summed E-state index contributed by atoms with van der Waals surface area (Å²) >= 11 is 0. The molecule has 0 aliphatic heterocycles. The van der Waals surface area contributed by atoms with E-state index < -0.39 is 23.7 Å². The Morgan fingerprint density at radius 3 is 2.78 bits per heavy atom. The number of amides is 1. The summed E-state index contributed by atoms with van der Waals surface area (Å²) in [5.41, 5.74) is 1.11. The number of aromatic nitrogens is 1. The molecule has 1 aromatic heterocycles. The van der Waals surface area contributed by atoms with E-state index in [4.69, 9.17) is 0 Å². The van der Waals surface area contributed by atoms with Crippen molar-refractivity contribution in [2.45, 2.75) is 19.0 Å². The minimum atomic E-state index is -1.33. The fraction of sp³-hybridized carbons (Fsp3) is 0.188. The highest BCUT2D eigenvalue weighted by Crippen LogP contribution is 2.09. The SMILES string of the molecule is O=C(C[C@H]([NH2+]Cc1cccnc1)C(=O)[O-])Nc1cccc(F)c1. The molecule has 6 nitrogen and oxygen atoms in total. The molecule has 2 aromatic rings. The summed E-state index contributed by atoms with van der Waals surface area (Å²) in [5.74, 6) is -2.34. The fourth-order valence-corrected chi connectivity index (χ4v) is 2.04. The van der Waals surface area contributed by atoms with Gasteiger partial charge >= 0.3 is 0 Å². The number of rotatable bonds is 7. The van der Waals surface area contributed by atoms with Gasteiger partial charge in [0.2, 0.25) is 5.91 Å². The second-order valence-electron chi connectivity index (χ2n) is 4.99. The molecule has 0 bridgehead atoms. The number of quaternary nitrogens is 1. The Bertz CT molecular complexity index is 679. The van der Waals surface area contributed by atoms with Gasteiger partial charge in [0, 0.05) is 23.6 Å². The first kappa shape index (κ1) is 16.6. The molecule has 1 heterocycles. The number of aliphatic carboxylic acids is 1. The Morgan fingerprint density at radius 1 is 1.30 bits per heavy atom. The zero-order chi connectivity index (χ0) is 16.7. The normalized spacial score (nSPS) is 11.7. The number of pyridine rings is 1. The third-order valence-corrected chi connectivity index (χ3v) is 3.18. The molecular weight excluding hydrogens is 301 g/mol. The van der Waals surface area contributed by atoms with Crippen LogP contribution in [0.4, 0.5) is 10.1 Å². The van der Waals surface area contributed by atoms with Crippen molar-refractivity contribution >= 4 is 17.6 Å². The summed E-state index contributed by atoms with van der Waals surface area (Å²) in [5, 5.41) is 15.1. The lowest BCUT2D eigenvalue weighted by atomic mass is 10.1. The lowest BCUT2D eigenvalue weighted by Crippen LogP contribution is -2.92. The van der Waals surface area contributed by atoms with Crippen molar-refractivity contribution in [2.24, 2.45) is 0 Å². The van der Waals surface area contributed by atoms with E-state index in [-0.39, 0.29) is 12.1 Å². The third kappa shape index (κ3) is 5.48. The number of hydrogen-bond donors (Lipinski definition) is 2. The van der Waals surface area contributed by atoms with Gasteiger partial charge in [-0.15, -0.1) is 0 Å². The van der Waals surface area contributed by atoms with Gasteiger partial charge in [0.15, 0.2) is 0 Å². The second-order valence-corrected chi connectivity index (χ2v) is 4.99. The number of carboxylic acid groups (broad SMARTS) is 1. The Balaban J connectivity index is 1.91. The van der Waals surface area contributed by atoms with Crippen molar-refractivity contribution in [2.75, 3.05) is 5.32 Å². The van der Waals surface area contributed by atoms with Crippen LogP contribution in [0.3, 0.4) is 0 Å². The molecule has 3 N–H and O–H groups in total. The quantitative estimate of drug-likeness (QED) is 0.714. The average molecular weight is 317 g/mol. The molecule has 0 radical (unpaired) electrons. The number of nitrogens with one attached hydrogen (secondary N) is 1. The average Bonchev–Trinajstić information content (AvgIpc) is 2.52. The molecule has 120 valence electrons. The smallest absolute Gasteiger partial charge is 0.230 e. The monoisotopic (exact) mass is 317 g/mol. The van der Waals surface area contributed by atoms with Gasteiger partial charge in [0.25, 0.3) is 0 Å². The van der Waals surface area contributed by atoms with E-state index in [1.54, 1.807) is 18.5 Å². The number of hydrogen-bond acceptors (Lipinski definition) is 4. The molecule has 1 aromatic carbocycles. The molecule has 0 aliphatic rings. The molecule has 7 heteroatoms. The number of carboxylic acids is 1. The second kappa shape index (κ2) is 8.00. The van der Waals surface area contributed by atoms with E-state index in [1.807, 2.05) is 6.07 Å². The van der Waals surface area contributed by atoms with E-state index in [9.17, 15) is 19.1 Å². The lowest BCUT2D eigenvalue weighted by molar-refractivity contribution is -0.697. The van der Waals surface area contributed by atoms with Gasteiger partial charge in [-0.3, -0.25) is 9.78 Å². The summed E-state index contributed by atoms with van der Waals surface area (Å²) in [6.07, 6.45) is 2.96. The highest BCUT2D eigenvalue weighted by Gasteiger charge is 2.18. The van der Waals surface area contributed by atoms with Gasteiger partial charge < -0.3 is 20.5 Å². The van der Waals surface area contributed by atoms with Crippen LogP contribution >= 0.6 is 0 Å². The van der Waals surface area contributed by atoms with Crippen LogP contribution in [0.1, 0.15) is 12.0 Å². The first-order valence-electron chi connectivity index (χ1n) is 7.03. The number of carbonyl (C=O) groups is 2. The lowest BCUT2D eigenvalue weighted by Gasteiger charge is -2.16. The maximum Gasteiger partial charge on any atom is 0.230 e. The number of carbonyl (C=O) groups excluding carboxylic acids is 2. The number of anilines is 1. The zero-order valence-corrected chi connectivity index (χ0v) is 12.2. The van der Waals surface area contributed by atoms with Crippen molar-refractivity contribution in [1.82, 2.24) is 4.98 Å². The van der Waals surface area contributed by atoms with E-state index >= 15 is 0 Å². The van der Waals surface area contributed by atoms with Crippen LogP contribution in [0.2, 0.25) is 0 Å². The molecular formula is C16H16FN3O3. The largest absolute Gasteiger partial charge is 0.544 e. The van der Waals surface area contributed by atoms with Crippen LogP contribution in [-0.2, 0) is 16.1 Å². The first-order valence-corrected chi connectivity index (χ1v) is 7.03. The third-order valence-electron chi connectivity index (χ3n) is 3.18. The molecule has 0 aliphatic carbocycles. The number of halogens is 1. The highest BCUT2D eigenvalue weighted by atomic mass is 19.1. The number of nitrogens with two attached hydrogens (primary N) is 1. The van der Waals surface area contributed by atoms with Crippen molar-refractivity contribution in [3.05, 3.63) is 60.2 Å². The molecule has 0 saturated heterocycles. The van der Waals surface area contributed by atoms with E-state index in [0.717, 1.165) is 11.6 Å². The molecule has 0 unspecified atom stereocenters. The van der Waals surface area contributed by atoms with Crippen molar-refractivity contribution in [1.29, 1.82) is 0 Å². The predicted octanol–water partition coefficient (Wildman–Crippen LogP) is -0.569. The number of benzene rings is 1. The van der Waals surface area contributed by atoms with Crippen molar-refractivity contribution in [3.8, 4) is 0 Å². The van der Waals surface area contributed by atoms with Crippen LogP contribution in [0.15, 0.2) is 48.8 Å². The van der Waals surface area contributed by atoms with Gasteiger partial charge in [0.1, 0.15) is 18.4 Å². The van der Waals surface area contributed by atoms with Gasteiger partial charge in [-0.2, -0.15) is 0 Å². The van der Waals surface area contributed by atoms with Crippen molar-refractivity contribution < 1.29 is 24.4 Å². The molecule has 0 saturated carbocycles. The maximum atomic E-state index is 13.0. The van der Waals surface area contributed by atoms with Gasteiger partial charge in [-0.1, -0.05) is 12.1 Å². The van der Waals surface area contributed by atoms with E-state index in [2.05, 4.69) is 10.3 Å². The fourth-order valence-electron chi connectivity index (χ4n) is 2.04. The summed E-state index contributed by atoms with van der Waals surface area (Å²) in [4.78, 5) is 27.0. The summed E-state index contributed by atoms with van der Waals surface area (Å²) in [7, 11) is 0. The summed E-state index contributed by atoms with van der Waals surface area (Å²) < 4.78 is 13.0. The Labute approximate surface area is 132 Å². The summed E-state index contributed by atoms with van der Waals surface area (Å²) in [6, 6.07) is 7.90. The molecule has 1 atom stereocenters. The predicted molar refractivity (Wildman–Crippen MR) is 78.3 cm³/mol. The van der Waals surface area contributed by atoms with Gasteiger partial charge in [0.05, 0.1) is 12.4 Å². The molecule has 0 spiro atoms. The maximum absolute atomic E-state index is 13.0. The minimum Gasteiger partial charge on any atom is -0.544 e. The highest BCUT2D eigenvalue weighted by molar-refractivity contribution is 5.93. The molecule has 1 amide bonds. The first-order chi connectivity index (χ1) is 11.0. The van der Waals surface area contributed by atoms with Crippen LogP contribution in [0, 0.1) is 5.82 Å². The van der Waals surface area contributed by atoms with Crippen molar-refractivity contribution in [3.63, 3.8) is 0 Å². The molecule has 2 rings (SSSR count).